The summed E-state index contributed by atoms with van der Waals surface area (Å²) in [6.07, 6.45) is 1.51. The van der Waals surface area contributed by atoms with E-state index in [0.717, 1.165) is 20.8 Å². The largest absolute Gasteiger partial charge is 0.504 e. The maximum absolute atomic E-state index is 10.1. The number of hydrogen-bond donors (Lipinski definition) is 1. The molecule has 1 heterocycles. The number of aryl methyl sites for hydroxylation is 1. The zero-order chi connectivity index (χ0) is 17.8. The molecular weight excluding hydrogens is 338 g/mol. The van der Waals surface area contributed by atoms with Gasteiger partial charge in [0.2, 0.25) is 4.80 Å². The van der Waals surface area contributed by atoms with Crippen LogP contribution in [0.2, 0.25) is 0 Å². The molecule has 0 amide bonds. The monoisotopic (exact) mass is 357 g/mol. The number of thiazole rings is 1. The number of rotatable bonds is 5. The van der Waals surface area contributed by atoms with E-state index < -0.39 is 0 Å². The molecule has 0 fully saturated rings. The van der Waals surface area contributed by atoms with Gasteiger partial charge in [0.1, 0.15) is 5.75 Å². The van der Waals surface area contributed by atoms with Crippen LogP contribution in [0.25, 0.3) is 10.2 Å². The minimum Gasteiger partial charge on any atom is -0.504 e. The van der Waals surface area contributed by atoms with Crippen LogP contribution >= 0.6 is 11.3 Å². The first-order valence-electron chi connectivity index (χ1n) is 7.79. The van der Waals surface area contributed by atoms with E-state index in [1.54, 1.807) is 18.2 Å². The van der Waals surface area contributed by atoms with Gasteiger partial charge in [0.25, 0.3) is 0 Å². The second-order valence-electron chi connectivity index (χ2n) is 5.25. The summed E-state index contributed by atoms with van der Waals surface area (Å²) in [6.45, 7) is 2.59. The number of ether oxygens (including phenoxy) is 2. The van der Waals surface area contributed by atoms with E-state index in [1.165, 1.54) is 24.7 Å². The highest BCUT2D eigenvalue weighted by atomic mass is 32.1. The van der Waals surface area contributed by atoms with E-state index in [9.17, 15) is 5.11 Å². The van der Waals surface area contributed by atoms with Crippen LogP contribution in [-0.4, -0.2) is 29.6 Å². The van der Waals surface area contributed by atoms with Gasteiger partial charge in [-0.25, -0.2) is 0 Å². The van der Waals surface area contributed by atoms with Crippen molar-refractivity contribution < 1.29 is 14.6 Å². The zero-order valence-electron chi connectivity index (χ0n) is 14.3. The lowest BCUT2D eigenvalue weighted by atomic mass is 10.2. The fraction of sp³-hybridized carbons (Fsp3) is 0.222. The highest BCUT2D eigenvalue weighted by Gasteiger charge is 2.06. The van der Waals surface area contributed by atoms with Crippen molar-refractivity contribution in [2.24, 2.45) is 17.3 Å². The van der Waals surface area contributed by atoms with E-state index in [4.69, 9.17) is 9.47 Å². The molecule has 3 rings (SSSR count). The molecule has 7 heteroatoms. The number of fused-ring (bicyclic) bond motifs is 1. The Labute approximate surface area is 149 Å². The number of phenols is 1. The van der Waals surface area contributed by atoms with Crippen molar-refractivity contribution >= 4 is 27.8 Å². The minimum absolute atomic E-state index is 0.0472. The molecule has 130 valence electrons. The summed E-state index contributed by atoms with van der Waals surface area (Å²) in [5.74, 6) is 1.29. The molecule has 2 aromatic carbocycles. The van der Waals surface area contributed by atoms with Crippen LogP contribution < -0.4 is 14.3 Å². The number of nitrogens with zero attached hydrogens (tertiary/aromatic N) is 3. The molecule has 0 atom stereocenters. The number of aromatic nitrogens is 1. The molecule has 0 bridgehead atoms. The highest BCUT2D eigenvalue weighted by Crippen LogP contribution is 2.28. The van der Waals surface area contributed by atoms with Gasteiger partial charge in [0.15, 0.2) is 11.5 Å². The number of benzene rings is 2. The van der Waals surface area contributed by atoms with E-state index >= 15 is 0 Å². The Morgan fingerprint density at radius 2 is 2.12 bits per heavy atom. The molecule has 3 aromatic rings. The van der Waals surface area contributed by atoms with Gasteiger partial charge in [-0.05, 0) is 37.3 Å². The van der Waals surface area contributed by atoms with Crippen LogP contribution in [0.15, 0.2) is 46.6 Å². The summed E-state index contributed by atoms with van der Waals surface area (Å²) in [5.41, 5.74) is 1.61. The molecule has 0 unspecified atom stereocenters. The van der Waals surface area contributed by atoms with Crippen molar-refractivity contribution in [3.8, 4) is 17.2 Å². The van der Waals surface area contributed by atoms with Crippen LogP contribution in [0.3, 0.4) is 0 Å². The number of hydrogen-bond acceptors (Lipinski definition) is 6. The van der Waals surface area contributed by atoms with Gasteiger partial charge >= 0.3 is 0 Å². The fourth-order valence-electron chi connectivity index (χ4n) is 2.42. The molecule has 0 aliphatic rings. The Balaban J connectivity index is 1.95. The quantitative estimate of drug-likeness (QED) is 0.563. The van der Waals surface area contributed by atoms with Gasteiger partial charge in [-0.3, -0.25) is 0 Å². The summed E-state index contributed by atoms with van der Waals surface area (Å²) < 4.78 is 13.7. The van der Waals surface area contributed by atoms with Gasteiger partial charge < -0.3 is 19.1 Å². The number of aromatic hydroxyl groups is 1. The Kier molecular flexibility index (Phi) is 5.04. The number of phenolic OH excluding ortho intramolecular Hbond substituents is 1. The third-order valence-electron chi connectivity index (χ3n) is 3.68. The second kappa shape index (κ2) is 7.40. The standard InChI is InChI=1S/C18H19N3O3S/c1-4-24-13-8-9-14-16(10-13)25-18(21(14)2)20-19-11-12-6-5-7-15(23-3)17(12)22/h5-11,22H,4H2,1-3H3/b19-11-,20-18-. The van der Waals surface area contributed by atoms with Crippen LogP contribution in [0.5, 0.6) is 17.2 Å². The van der Waals surface area contributed by atoms with E-state index in [0.29, 0.717) is 17.9 Å². The normalized spacial score (nSPS) is 12.2. The summed E-state index contributed by atoms with van der Waals surface area (Å²) in [6, 6.07) is 11.2. The fourth-order valence-corrected chi connectivity index (χ4v) is 3.42. The molecule has 25 heavy (non-hydrogen) atoms. The van der Waals surface area contributed by atoms with Crippen LogP contribution in [0.4, 0.5) is 0 Å². The van der Waals surface area contributed by atoms with Crippen molar-refractivity contribution in [3.05, 3.63) is 46.8 Å². The Bertz CT molecular complexity index is 989. The minimum atomic E-state index is 0.0472. The van der Waals surface area contributed by atoms with Crippen LogP contribution in [0.1, 0.15) is 12.5 Å². The van der Waals surface area contributed by atoms with Crippen molar-refractivity contribution in [3.63, 3.8) is 0 Å². The summed E-state index contributed by atoms with van der Waals surface area (Å²) >= 11 is 1.53. The Morgan fingerprint density at radius 1 is 1.28 bits per heavy atom. The topological polar surface area (TPSA) is 68.3 Å². The smallest absolute Gasteiger partial charge is 0.211 e. The van der Waals surface area contributed by atoms with Crippen molar-refractivity contribution in [2.75, 3.05) is 13.7 Å². The first-order chi connectivity index (χ1) is 12.1. The van der Waals surface area contributed by atoms with Crippen molar-refractivity contribution in [1.29, 1.82) is 0 Å². The SMILES string of the molecule is CCOc1ccc2c(c1)s/c(=N\N=C/c1cccc(OC)c1O)n2C. The Hall–Kier alpha value is -2.80. The van der Waals surface area contributed by atoms with Gasteiger partial charge in [0.05, 0.1) is 30.1 Å². The third kappa shape index (κ3) is 3.51. The molecule has 0 aliphatic carbocycles. The lowest BCUT2D eigenvalue weighted by molar-refractivity contribution is 0.341. The predicted molar refractivity (Wildman–Crippen MR) is 99.8 cm³/mol. The van der Waals surface area contributed by atoms with Crippen LogP contribution in [-0.2, 0) is 7.05 Å². The molecule has 0 saturated heterocycles. The predicted octanol–water partition coefficient (Wildman–Crippen LogP) is 3.29. The molecule has 0 radical (unpaired) electrons. The van der Waals surface area contributed by atoms with Gasteiger partial charge in [-0.2, -0.15) is 5.10 Å². The maximum atomic E-state index is 10.1. The number of methoxy groups -OCH3 is 1. The van der Waals surface area contributed by atoms with Gasteiger partial charge in [-0.1, -0.05) is 17.4 Å². The van der Waals surface area contributed by atoms with E-state index in [-0.39, 0.29) is 5.75 Å². The molecule has 0 saturated carbocycles. The first kappa shape index (κ1) is 17.0. The summed E-state index contributed by atoms with van der Waals surface area (Å²) in [4.78, 5) is 0.752. The van der Waals surface area contributed by atoms with Gasteiger partial charge in [0, 0.05) is 12.6 Å². The van der Waals surface area contributed by atoms with Crippen molar-refractivity contribution in [1.82, 2.24) is 4.57 Å². The van der Waals surface area contributed by atoms with E-state index in [2.05, 4.69) is 10.2 Å². The molecule has 6 nitrogen and oxygen atoms in total. The number of para-hydroxylation sites is 1. The van der Waals surface area contributed by atoms with Crippen LogP contribution in [0, 0.1) is 0 Å². The molecule has 0 aliphatic heterocycles. The molecule has 1 N–H and O–H groups in total. The first-order valence-corrected chi connectivity index (χ1v) is 8.61. The van der Waals surface area contributed by atoms with Gasteiger partial charge in [-0.15, -0.1) is 5.10 Å². The summed E-state index contributed by atoms with van der Waals surface area (Å²) in [7, 11) is 3.45. The van der Waals surface area contributed by atoms with Crippen molar-refractivity contribution in [2.45, 2.75) is 6.92 Å². The summed E-state index contributed by atoms with van der Waals surface area (Å²) in [5, 5.41) is 18.4. The lowest BCUT2D eigenvalue weighted by Gasteiger charge is -2.04. The third-order valence-corrected chi connectivity index (χ3v) is 4.77. The highest BCUT2D eigenvalue weighted by molar-refractivity contribution is 7.16. The average molecular weight is 357 g/mol. The zero-order valence-corrected chi connectivity index (χ0v) is 15.1. The second-order valence-corrected chi connectivity index (χ2v) is 6.26. The molecular formula is C18H19N3O3S. The lowest BCUT2D eigenvalue weighted by Crippen LogP contribution is -2.08. The van der Waals surface area contributed by atoms with E-state index in [1.807, 2.05) is 36.7 Å². The average Bonchev–Trinajstić information content (AvgIpc) is 2.92. The maximum Gasteiger partial charge on any atom is 0.211 e. The molecule has 1 aromatic heterocycles. The molecule has 0 spiro atoms. The Morgan fingerprint density at radius 3 is 2.88 bits per heavy atom.